The minimum atomic E-state index is 0.555. The van der Waals surface area contributed by atoms with Crippen molar-refractivity contribution in [3.63, 3.8) is 0 Å². The van der Waals surface area contributed by atoms with Crippen molar-refractivity contribution in [2.45, 2.75) is 70.6 Å². The van der Waals surface area contributed by atoms with Gasteiger partial charge in [0.1, 0.15) is 0 Å². The zero-order valence-electron chi connectivity index (χ0n) is 12.2. The van der Waals surface area contributed by atoms with Gasteiger partial charge in [-0.05, 0) is 26.2 Å². The lowest BCUT2D eigenvalue weighted by Gasteiger charge is -2.38. The van der Waals surface area contributed by atoms with Gasteiger partial charge in [0.2, 0.25) is 0 Å². The summed E-state index contributed by atoms with van der Waals surface area (Å²) < 4.78 is 6.04. The minimum Gasteiger partial charge on any atom is -0.377 e. The van der Waals surface area contributed by atoms with E-state index >= 15 is 0 Å². The lowest BCUT2D eigenvalue weighted by molar-refractivity contribution is 0.00538. The molecule has 1 saturated carbocycles. The molecule has 3 nitrogen and oxygen atoms in total. The molecular formula is C15H30N2O. The van der Waals surface area contributed by atoms with E-state index in [1.54, 1.807) is 0 Å². The summed E-state index contributed by atoms with van der Waals surface area (Å²) in [7, 11) is 0. The van der Waals surface area contributed by atoms with Gasteiger partial charge in [0.05, 0.1) is 12.7 Å². The number of rotatable bonds is 5. The van der Waals surface area contributed by atoms with Crippen molar-refractivity contribution < 1.29 is 4.74 Å². The fourth-order valence-corrected chi connectivity index (χ4v) is 3.15. The molecule has 2 aliphatic rings. The van der Waals surface area contributed by atoms with Crippen LogP contribution in [0, 0.1) is 0 Å². The van der Waals surface area contributed by atoms with Crippen LogP contribution in [0.3, 0.4) is 0 Å². The summed E-state index contributed by atoms with van der Waals surface area (Å²) in [6.07, 6.45) is 8.50. The number of hydrogen-bond donors (Lipinski definition) is 1. The van der Waals surface area contributed by atoms with E-state index in [0.717, 1.165) is 19.7 Å². The molecule has 1 heterocycles. The van der Waals surface area contributed by atoms with Gasteiger partial charge >= 0.3 is 0 Å². The average molecular weight is 254 g/mol. The van der Waals surface area contributed by atoms with Crippen molar-refractivity contribution in [2.75, 3.05) is 26.2 Å². The zero-order valence-corrected chi connectivity index (χ0v) is 12.2. The van der Waals surface area contributed by atoms with Crippen LogP contribution >= 0.6 is 0 Å². The van der Waals surface area contributed by atoms with Crippen molar-refractivity contribution in [1.29, 1.82) is 0 Å². The van der Waals surface area contributed by atoms with E-state index in [9.17, 15) is 0 Å². The van der Waals surface area contributed by atoms with Gasteiger partial charge in [0.25, 0.3) is 0 Å². The van der Waals surface area contributed by atoms with Gasteiger partial charge in [0.15, 0.2) is 0 Å². The molecule has 2 fully saturated rings. The molecule has 106 valence electrons. The molecule has 0 amide bonds. The maximum atomic E-state index is 6.04. The fraction of sp³-hybridized carbons (Fsp3) is 1.00. The number of piperazine rings is 1. The van der Waals surface area contributed by atoms with Crippen molar-refractivity contribution in [2.24, 2.45) is 0 Å². The molecule has 0 aromatic heterocycles. The van der Waals surface area contributed by atoms with E-state index < -0.39 is 0 Å². The van der Waals surface area contributed by atoms with Crippen LogP contribution in [-0.2, 0) is 4.74 Å². The molecule has 0 bridgehead atoms. The molecule has 2 unspecified atom stereocenters. The molecule has 1 N–H and O–H groups in total. The van der Waals surface area contributed by atoms with Gasteiger partial charge in [0, 0.05) is 31.7 Å². The Morgan fingerprint density at radius 3 is 2.72 bits per heavy atom. The Labute approximate surface area is 112 Å². The van der Waals surface area contributed by atoms with Crippen molar-refractivity contribution in [3.8, 4) is 0 Å². The quantitative estimate of drug-likeness (QED) is 0.815. The van der Waals surface area contributed by atoms with Crippen LogP contribution in [0.5, 0.6) is 0 Å². The Morgan fingerprint density at radius 2 is 2.00 bits per heavy atom. The highest BCUT2D eigenvalue weighted by molar-refractivity contribution is 4.82. The molecule has 3 heteroatoms. The summed E-state index contributed by atoms with van der Waals surface area (Å²) in [6.45, 7) is 8.93. The molecule has 1 aliphatic heterocycles. The Morgan fingerprint density at radius 1 is 1.22 bits per heavy atom. The second-order valence-corrected chi connectivity index (χ2v) is 5.99. The molecule has 0 aromatic rings. The van der Waals surface area contributed by atoms with Gasteiger partial charge in [-0.1, -0.05) is 26.2 Å². The first kappa shape index (κ1) is 14.3. The predicted octanol–water partition coefficient (Wildman–Crippen LogP) is 2.41. The minimum absolute atomic E-state index is 0.555. The summed E-state index contributed by atoms with van der Waals surface area (Å²) >= 11 is 0. The zero-order chi connectivity index (χ0) is 12.8. The van der Waals surface area contributed by atoms with Gasteiger partial charge < -0.3 is 10.1 Å². The molecule has 0 radical (unpaired) electrons. The fourth-order valence-electron chi connectivity index (χ4n) is 3.15. The maximum absolute atomic E-state index is 6.04. The normalized spacial score (nSPS) is 31.7. The van der Waals surface area contributed by atoms with Crippen LogP contribution in [-0.4, -0.2) is 49.3 Å². The lowest BCUT2D eigenvalue weighted by Crippen LogP contribution is -2.55. The van der Waals surface area contributed by atoms with Crippen LogP contribution in [0.2, 0.25) is 0 Å². The van der Waals surface area contributed by atoms with Gasteiger partial charge in [-0.15, -0.1) is 0 Å². The summed E-state index contributed by atoms with van der Waals surface area (Å²) in [6, 6.07) is 1.33. The third-order valence-electron chi connectivity index (χ3n) is 4.56. The molecule has 2 rings (SSSR count). The number of nitrogens with one attached hydrogen (secondary N) is 1. The standard InChI is InChI=1S/C15H30N2O/c1-3-14-12-17(13(2)11-16-14)9-10-18-15-7-5-4-6-8-15/h13-16H,3-12H2,1-2H3. The lowest BCUT2D eigenvalue weighted by atomic mass is 9.98. The van der Waals surface area contributed by atoms with Crippen LogP contribution < -0.4 is 5.32 Å². The number of ether oxygens (including phenoxy) is 1. The van der Waals surface area contributed by atoms with Gasteiger partial charge in [-0.3, -0.25) is 4.90 Å². The summed E-state index contributed by atoms with van der Waals surface area (Å²) in [5.74, 6) is 0. The SMILES string of the molecule is CCC1CN(CCOC2CCCCC2)C(C)CN1. The van der Waals surface area contributed by atoms with Crippen molar-refractivity contribution in [1.82, 2.24) is 10.2 Å². The monoisotopic (exact) mass is 254 g/mol. The van der Waals surface area contributed by atoms with E-state index in [4.69, 9.17) is 4.74 Å². The van der Waals surface area contributed by atoms with E-state index in [1.807, 2.05) is 0 Å². The Balaban J connectivity index is 1.64. The first-order chi connectivity index (χ1) is 8.79. The maximum Gasteiger partial charge on any atom is 0.0597 e. The Bertz CT molecular complexity index is 229. The first-order valence-corrected chi connectivity index (χ1v) is 7.88. The molecule has 0 aromatic carbocycles. The summed E-state index contributed by atoms with van der Waals surface area (Å²) in [5, 5.41) is 3.61. The average Bonchev–Trinajstić information content (AvgIpc) is 2.42. The molecule has 0 spiro atoms. The highest BCUT2D eigenvalue weighted by atomic mass is 16.5. The highest BCUT2D eigenvalue weighted by Crippen LogP contribution is 2.20. The highest BCUT2D eigenvalue weighted by Gasteiger charge is 2.23. The molecule has 1 aliphatic carbocycles. The first-order valence-electron chi connectivity index (χ1n) is 7.88. The second-order valence-electron chi connectivity index (χ2n) is 5.99. The van der Waals surface area contributed by atoms with Crippen molar-refractivity contribution in [3.05, 3.63) is 0 Å². The third-order valence-corrected chi connectivity index (χ3v) is 4.56. The molecular weight excluding hydrogens is 224 g/mol. The third kappa shape index (κ3) is 4.22. The Hall–Kier alpha value is -0.120. The smallest absolute Gasteiger partial charge is 0.0597 e. The summed E-state index contributed by atoms with van der Waals surface area (Å²) in [5.41, 5.74) is 0. The second kappa shape index (κ2) is 7.46. The molecule has 18 heavy (non-hydrogen) atoms. The number of hydrogen-bond acceptors (Lipinski definition) is 3. The Kier molecular flexibility index (Phi) is 5.93. The molecule has 2 atom stereocenters. The van der Waals surface area contributed by atoms with Gasteiger partial charge in [-0.25, -0.2) is 0 Å². The van der Waals surface area contributed by atoms with E-state index in [0.29, 0.717) is 18.2 Å². The van der Waals surface area contributed by atoms with Gasteiger partial charge in [-0.2, -0.15) is 0 Å². The topological polar surface area (TPSA) is 24.5 Å². The van der Waals surface area contributed by atoms with E-state index in [1.165, 1.54) is 45.1 Å². The van der Waals surface area contributed by atoms with Crippen LogP contribution in [0.4, 0.5) is 0 Å². The van der Waals surface area contributed by atoms with E-state index in [2.05, 4.69) is 24.1 Å². The summed E-state index contributed by atoms with van der Waals surface area (Å²) in [4.78, 5) is 2.59. The molecule has 1 saturated heterocycles. The van der Waals surface area contributed by atoms with E-state index in [-0.39, 0.29) is 0 Å². The van der Waals surface area contributed by atoms with Crippen LogP contribution in [0.25, 0.3) is 0 Å². The number of nitrogens with zero attached hydrogens (tertiary/aromatic N) is 1. The van der Waals surface area contributed by atoms with Crippen LogP contribution in [0.15, 0.2) is 0 Å². The van der Waals surface area contributed by atoms with Crippen LogP contribution in [0.1, 0.15) is 52.4 Å². The largest absolute Gasteiger partial charge is 0.377 e. The predicted molar refractivity (Wildman–Crippen MR) is 75.9 cm³/mol. The van der Waals surface area contributed by atoms with Crippen molar-refractivity contribution >= 4 is 0 Å².